The Kier molecular flexibility index (Phi) is 6.79. The van der Waals surface area contributed by atoms with Gasteiger partial charge in [0, 0.05) is 19.1 Å². The normalized spacial score (nSPS) is 17.9. The molecule has 1 aliphatic carbocycles. The van der Waals surface area contributed by atoms with Crippen LogP contribution < -0.4 is 4.72 Å². The molecule has 0 spiro atoms. The van der Waals surface area contributed by atoms with Gasteiger partial charge in [-0.2, -0.15) is 0 Å². The molecule has 0 saturated carbocycles. The quantitative estimate of drug-likeness (QED) is 0.459. The summed E-state index contributed by atoms with van der Waals surface area (Å²) in [7, 11) is -2.62. The van der Waals surface area contributed by atoms with Gasteiger partial charge in [-0.3, -0.25) is 4.79 Å². The highest BCUT2D eigenvalue weighted by molar-refractivity contribution is 7.90. The average Bonchev–Trinajstić information content (AvgIpc) is 3.39. The van der Waals surface area contributed by atoms with E-state index >= 15 is 0 Å². The van der Waals surface area contributed by atoms with Crippen LogP contribution in [0.1, 0.15) is 45.3 Å². The topological polar surface area (TPSA) is 121 Å². The summed E-state index contributed by atoms with van der Waals surface area (Å²) in [6, 6.07) is 11.4. The number of methoxy groups -OCH3 is 1. The molecular weight excluding hydrogens is 472 g/mol. The molecule has 0 radical (unpaired) electrons. The summed E-state index contributed by atoms with van der Waals surface area (Å²) in [4.78, 5) is 12.4. The van der Waals surface area contributed by atoms with Crippen LogP contribution in [0.4, 0.5) is 0 Å². The van der Waals surface area contributed by atoms with Gasteiger partial charge in [-0.05, 0) is 44.1 Å². The van der Waals surface area contributed by atoms with E-state index in [0.29, 0.717) is 17.7 Å². The van der Waals surface area contributed by atoms with Crippen molar-refractivity contribution in [1.82, 2.24) is 9.88 Å². The number of nitrogens with one attached hydrogen (secondary N) is 1. The minimum atomic E-state index is -4.18. The molecule has 184 valence electrons. The van der Waals surface area contributed by atoms with Gasteiger partial charge in [0.05, 0.1) is 6.61 Å². The largest absolute Gasteiger partial charge is 0.456 e. The number of furan rings is 1. The fourth-order valence-corrected chi connectivity index (χ4v) is 5.11. The number of aromatic nitrogens is 1. The van der Waals surface area contributed by atoms with Crippen molar-refractivity contribution in [2.75, 3.05) is 7.11 Å². The standard InChI is InChI=1S/C25H26N2O7S/c1-16-23(18(3)34-26-16)35(29,30)27-24(28)22-14-21(17(2)33-22)15-32-25(31-4)12-10-20(11-13-25)19-8-6-5-7-9-19/h5-12,14H,13,15H2,1-4H3,(H,27,28). The van der Waals surface area contributed by atoms with Crippen molar-refractivity contribution in [3.63, 3.8) is 0 Å². The molecule has 10 heteroatoms. The van der Waals surface area contributed by atoms with E-state index in [9.17, 15) is 13.2 Å². The van der Waals surface area contributed by atoms with Gasteiger partial charge in [0.15, 0.2) is 22.2 Å². The number of amides is 1. The van der Waals surface area contributed by atoms with Crippen LogP contribution in [-0.4, -0.2) is 32.4 Å². The van der Waals surface area contributed by atoms with Crippen LogP contribution in [0.15, 0.2) is 68.5 Å². The zero-order chi connectivity index (χ0) is 25.2. The molecule has 4 rings (SSSR count). The van der Waals surface area contributed by atoms with Gasteiger partial charge in [0.25, 0.3) is 10.0 Å². The lowest BCUT2D eigenvalue weighted by molar-refractivity contribution is -0.193. The van der Waals surface area contributed by atoms with Crippen molar-refractivity contribution >= 4 is 21.5 Å². The molecule has 1 unspecified atom stereocenters. The van der Waals surface area contributed by atoms with E-state index in [2.05, 4.69) is 5.16 Å². The Bertz CT molecular complexity index is 1380. The van der Waals surface area contributed by atoms with Crippen LogP contribution in [0.3, 0.4) is 0 Å². The van der Waals surface area contributed by atoms with E-state index in [4.69, 9.17) is 18.4 Å². The van der Waals surface area contributed by atoms with Crippen molar-refractivity contribution in [2.45, 2.75) is 44.5 Å². The van der Waals surface area contributed by atoms with E-state index in [1.807, 2.05) is 53.3 Å². The second kappa shape index (κ2) is 9.65. The van der Waals surface area contributed by atoms with Crippen LogP contribution in [-0.2, 0) is 26.1 Å². The monoisotopic (exact) mass is 498 g/mol. The van der Waals surface area contributed by atoms with Crippen molar-refractivity contribution in [2.24, 2.45) is 0 Å². The van der Waals surface area contributed by atoms with Crippen LogP contribution in [0, 0.1) is 20.8 Å². The van der Waals surface area contributed by atoms with Crippen LogP contribution in [0.25, 0.3) is 5.57 Å². The van der Waals surface area contributed by atoms with Crippen molar-refractivity contribution in [1.29, 1.82) is 0 Å². The Morgan fingerprint density at radius 3 is 2.51 bits per heavy atom. The summed E-state index contributed by atoms with van der Waals surface area (Å²) in [5.41, 5.74) is 2.91. The Morgan fingerprint density at radius 1 is 1.17 bits per heavy atom. The first-order chi connectivity index (χ1) is 16.6. The maximum atomic E-state index is 12.6. The smallest absolute Gasteiger partial charge is 0.300 e. The Labute approximate surface area is 203 Å². The molecule has 0 fully saturated rings. The molecule has 1 atom stereocenters. The zero-order valence-electron chi connectivity index (χ0n) is 19.8. The van der Waals surface area contributed by atoms with Crippen molar-refractivity contribution in [3.8, 4) is 0 Å². The van der Waals surface area contributed by atoms with Crippen LogP contribution in [0.5, 0.6) is 0 Å². The molecule has 3 aromatic rings. The highest BCUT2D eigenvalue weighted by Gasteiger charge is 2.31. The predicted octanol–water partition coefficient (Wildman–Crippen LogP) is 4.21. The maximum absolute atomic E-state index is 12.6. The highest BCUT2D eigenvalue weighted by Crippen LogP contribution is 2.31. The highest BCUT2D eigenvalue weighted by atomic mass is 32.2. The molecule has 1 aromatic carbocycles. The summed E-state index contributed by atoms with van der Waals surface area (Å²) in [5.74, 6) is -1.53. The third kappa shape index (κ3) is 5.14. The molecule has 2 aromatic heterocycles. The zero-order valence-corrected chi connectivity index (χ0v) is 20.6. The molecule has 35 heavy (non-hydrogen) atoms. The van der Waals surface area contributed by atoms with Gasteiger partial charge in [-0.15, -0.1) is 0 Å². The number of allylic oxidation sites excluding steroid dienone is 2. The van der Waals surface area contributed by atoms with E-state index in [1.165, 1.54) is 19.9 Å². The Morgan fingerprint density at radius 2 is 1.91 bits per heavy atom. The fourth-order valence-electron chi connectivity index (χ4n) is 3.82. The Balaban J connectivity index is 1.44. The molecule has 0 saturated heterocycles. The number of hydrogen-bond donors (Lipinski definition) is 1. The molecule has 1 aliphatic rings. The number of sulfonamides is 1. The number of hydrogen-bond acceptors (Lipinski definition) is 8. The van der Waals surface area contributed by atoms with Crippen molar-refractivity contribution in [3.05, 3.63) is 88.7 Å². The van der Waals surface area contributed by atoms with Gasteiger partial charge in [0.1, 0.15) is 11.5 Å². The van der Waals surface area contributed by atoms with E-state index in [0.717, 1.165) is 11.1 Å². The van der Waals surface area contributed by atoms with Crippen molar-refractivity contribution < 1.29 is 31.6 Å². The number of rotatable bonds is 8. The number of carbonyl (C=O) groups is 1. The SMILES string of the molecule is COC1(OCc2cc(C(=O)NS(=O)(=O)c3c(C)noc3C)oc2C)C=CC(c2ccccc2)=CC1. The number of nitrogens with zero attached hydrogens (tertiary/aromatic N) is 1. The predicted molar refractivity (Wildman–Crippen MR) is 127 cm³/mol. The second-order valence-corrected chi connectivity index (χ2v) is 9.77. The molecular formula is C25H26N2O7S. The molecule has 1 amide bonds. The second-order valence-electron chi connectivity index (χ2n) is 8.15. The third-order valence-electron chi connectivity index (χ3n) is 5.76. The summed E-state index contributed by atoms with van der Waals surface area (Å²) in [5, 5.41) is 3.62. The van der Waals surface area contributed by atoms with Gasteiger partial charge < -0.3 is 18.4 Å². The fraction of sp³-hybridized carbons (Fsp3) is 0.280. The maximum Gasteiger partial charge on any atom is 0.300 e. The summed E-state index contributed by atoms with van der Waals surface area (Å²) in [6.45, 7) is 4.69. The number of carbonyl (C=O) groups excluding carboxylic acids is 1. The molecule has 2 heterocycles. The van der Waals surface area contributed by atoms with Crippen LogP contribution in [0.2, 0.25) is 0 Å². The first kappa shape index (κ1) is 24.6. The lowest BCUT2D eigenvalue weighted by Gasteiger charge is -2.31. The summed E-state index contributed by atoms with van der Waals surface area (Å²) < 4.78 is 49.4. The number of ether oxygens (including phenoxy) is 2. The first-order valence-corrected chi connectivity index (χ1v) is 12.4. The van der Waals surface area contributed by atoms with Crippen LogP contribution >= 0.6 is 0 Å². The summed E-state index contributed by atoms with van der Waals surface area (Å²) in [6.07, 6.45) is 6.33. The summed E-state index contributed by atoms with van der Waals surface area (Å²) >= 11 is 0. The molecule has 0 bridgehead atoms. The minimum absolute atomic E-state index is 0.0855. The van der Waals surface area contributed by atoms with Gasteiger partial charge >= 0.3 is 5.91 Å². The Hall–Kier alpha value is -3.47. The van der Waals surface area contributed by atoms with E-state index < -0.39 is 21.7 Å². The molecule has 0 aliphatic heterocycles. The van der Waals surface area contributed by atoms with E-state index in [1.54, 1.807) is 14.0 Å². The number of benzene rings is 1. The first-order valence-electron chi connectivity index (χ1n) is 10.9. The molecule has 1 N–H and O–H groups in total. The lowest BCUT2D eigenvalue weighted by atomic mass is 9.96. The van der Waals surface area contributed by atoms with Gasteiger partial charge in [0.2, 0.25) is 0 Å². The van der Waals surface area contributed by atoms with Gasteiger partial charge in [-0.1, -0.05) is 47.6 Å². The minimum Gasteiger partial charge on any atom is -0.456 e. The third-order valence-corrected chi connectivity index (χ3v) is 7.33. The average molecular weight is 499 g/mol. The van der Waals surface area contributed by atoms with Gasteiger partial charge in [-0.25, -0.2) is 13.1 Å². The number of aryl methyl sites for hydroxylation is 3. The molecule has 9 nitrogen and oxygen atoms in total. The van der Waals surface area contributed by atoms with E-state index in [-0.39, 0.29) is 28.7 Å². The lowest BCUT2D eigenvalue weighted by Crippen LogP contribution is -2.33.